The van der Waals surface area contributed by atoms with Crippen LogP contribution in [0.3, 0.4) is 0 Å². The van der Waals surface area contributed by atoms with E-state index in [1.165, 1.54) is 10.5 Å². The zero-order chi connectivity index (χ0) is 21.6. The Bertz CT molecular complexity index is 890. The van der Waals surface area contributed by atoms with Crippen LogP contribution in [0.2, 0.25) is 0 Å². The quantitative estimate of drug-likeness (QED) is 0.584. The summed E-state index contributed by atoms with van der Waals surface area (Å²) in [7, 11) is 1.64. The summed E-state index contributed by atoms with van der Waals surface area (Å²) >= 11 is 1.78. The van der Waals surface area contributed by atoms with Crippen LogP contribution in [-0.2, 0) is 6.54 Å². The van der Waals surface area contributed by atoms with Gasteiger partial charge in [0.2, 0.25) is 0 Å². The van der Waals surface area contributed by atoms with E-state index in [2.05, 4.69) is 35.4 Å². The summed E-state index contributed by atoms with van der Waals surface area (Å²) in [6, 6.07) is 14.3. The Kier molecular flexibility index (Phi) is 7.41. The molecule has 2 aromatic rings. The molecule has 0 radical (unpaired) electrons. The highest BCUT2D eigenvalue weighted by molar-refractivity contribution is 7.98. The van der Waals surface area contributed by atoms with Gasteiger partial charge in [0.1, 0.15) is 17.6 Å². The molecule has 2 aliphatic heterocycles. The molecule has 31 heavy (non-hydrogen) atoms. The van der Waals surface area contributed by atoms with Gasteiger partial charge in [0.25, 0.3) is 5.91 Å². The predicted molar refractivity (Wildman–Crippen MR) is 125 cm³/mol. The van der Waals surface area contributed by atoms with Crippen molar-refractivity contribution < 1.29 is 14.3 Å². The summed E-state index contributed by atoms with van der Waals surface area (Å²) in [6.07, 6.45) is 6.30. The SMILES string of the molecule is COc1ccc(C(=O)N2CCCC2)c(OC2CCN(Cc3cccc(SC)c3)CC2)c1. The first-order valence-corrected chi connectivity index (χ1v) is 12.4. The van der Waals surface area contributed by atoms with Crippen LogP contribution in [-0.4, -0.2) is 61.4 Å². The molecule has 0 aromatic heterocycles. The van der Waals surface area contributed by atoms with Gasteiger partial charge in [-0.2, -0.15) is 0 Å². The number of hydrogen-bond donors (Lipinski definition) is 0. The number of rotatable bonds is 7. The Morgan fingerprint density at radius 3 is 2.55 bits per heavy atom. The second-order valence-corrected chi connectivity index (χ2v) is 9.19. The highest BCUT2D eigenvalue weighted by atomic mass is 32.2. The van der Waals surface area contributed by atoms with E-state index in [0.29, 0.717) is 11.3 Å². The summed E-state index contributed by atoms with van der Waals surface area (Å²) in [4.78, 5) is 18.7. The van der Waals surface area contributed by atoms with Gasteiger partial charge in [0.05, 0.1) is 12.7 Å². The molecule has 2 aliphatic rings. The first-order valence-electron chi connectivity index (χ1n) is 11.2. The normalized spacial score (nSPS) is 17.7. The van der Waals surface area contributed by atoms with Crippen molar-refractivity contribution in [1.82, 2.24) is 9.80 Å². The molecule has 2 aromatic carbocycles. The fourth-order valence-corrected chi connectivity index (χ4v) is 4.87. The minimum atomic E-state index is 0.0706. The fraction of sp³-hybridized carbons (Fsp3) is 0.480. The first kappa shape index (κ1) is 22.0. The number of piperidine rings is 1. The van der Waals surface area contributed by atoms with E-state index in [9.17, 15) is 4.79 Å². The van der Waals surface area contributed by atoms with Crippen molar-refractivity contribution in [2.24, 2.45) is 0 Å². The third-order valence-electron chi connectivity index (χ3n) is 6.18. The van der Waals surface area contributed by atoms with Crippen LogP contribution in [0.5, 0.6) is 11.5 Å². The number of amides is 1. The molecule has 2 fully saturated rings. The number of ether oxygens (including phenoxy) is 2. The second kappa shape index (κ2) is 10.4. The van der Waals surface area contributed by atoms with Crippen molar-refractivity contribution in [1.29, 1.82) is 0 Å². The topological polar surface area (TPSA) is 42.0 Å². The third kappa shape index (κ3) is 5.55. The summed E-state index contributed by atoms with van der Waals surface area (Å²) in [6.45, 7) is 4.63. The van der Waals surface area contributed by atoms with Crippen LogP contribution < -0.4 is 9.47 Å². The molecule has 2 saturated heterocycles. The van der Waals surface area contributed by atoms with Gasteiger partial charge in [-0.05, 0) is 61.8 Å². The molecule has 0 atom stereocenters. The Morgan fingerprint density at radius 2 is 1.84 bits per heavy atom. The zero-order valence-electron chi connectivity index (χ0n) is 18.5. The Balaban J connectivity index is 1.38. The van der Waals surface area contributed by atoms with Crippen LogP contribution in [0.25, 0.3) is 0 Å². The van der Waals surface area contributed by atoms with E-state index >= 15 is 0 Å². The highest BCUT2D eigenvalue weighted by Crippen LogP contribution is 2.30. The van der Waals surface area contributed by atoms with Gasteiger partial charge in [-0.3, -0.25) is 9.69 Å². The lowest BCUT2D eigenvalue weighted by Gasteiger charge is -2.32. The molecular weight excluding hydrogens is 408 g/mol. The molecule has 4 rings (SSSR count). The van der Waals surface area contributed by atoms with Crippen LogP contribution in [0, 0.1) is 0 Å². The largest absolute Gasteiger partial charge is 0.497 e. The molecule has 0 saturated carbocycles. The van der Waals surface area contributed by atoms with Crippen LogP contribution in [0.15, 0.2) is 47.4 Å². The number of carbonyl (C=O) groups is 1. The average molecular weight is 441 g/mol. The molecule has 1 amide bonds. The molecule has 0 spiro atoms. The van der Waals surface area contributed by atoms with E-state index in [1.807, 2.05) is 23.1 Å². The van der Waals surface area contributed by atoms with Crippen LogP contribution in [0.1, 0.15) is 41.6 Å². The Hall–Kier alpha value is -2.18. The van der Waals surface area contributed by atoms with Crippen molar-refractivity contribution >= 4 is 17.7 Å². The van der Waals surface area contributed by atoms with Crippen molar-refractivity contribution in [2.45, 2.75) is 43.2 Å². The maximum atomic E-state index is 13.0. The first-order chi connectivity index (χ1) is 15.2. The minimum absolute atomic E-state index is 0.0706. The van der Waals surface area contributed by atoms with E-state index in [1.54, 1.807) is 18.9 Å². The monoisotopic (exact) mass is 440 g/mol. The molecule has 166 valence electrons. The molecule has 0 N–H and O–H groups in total. The summed E-state index contributed by atoms with van der Waals surface area (Å²) in [5, 5.41) is 0. The maximum absolute atomic E-state index is 13.0. The van der Waals surface area contributed by atoms with E-state index in [4.69, 9.17) is 9.47 Å². The predicted octanol–water partition coefficient (Wildman–Crippen LogP) is 4.70. The smallest absolute Gasteiger partial charge is 0.257 e. The Morgan fingerprint density at radius 1 is 1.06 bits per heavy atom. The lowest BCUT2D eigenvalue weighted by Crippen LogP contribution is -2.38. The van der Waals surface area contributed by atoms with Gasteiger partial charge >= 0.3 is 0 Å². The number of likely N-dealkylation sites (tertiary alicyclic amines) is 2. The zero-order valence-corrected chi connectivity index (χ0v) is 19.3. The van der Waals surface area contributed by atoms with Gasteiger partial charge in [-0.1, -0.05) is 12.1 Å². The van der Waals surface area contributed by atoms with Crippen LogP contribution >= 0.6 is 11.8 Å². The van der Waals surface area contributed by atoms with Gasteiger partial charge in [-0.15, -0.1) is 11.8 Å². The van der Waals surface area contributed by atoms with Gasteiger partial charge < -0.3 is 14.4 Å². The summed E-state index contributed by atoms with van der Waals surface area (Å²) in [5.74, 6) is 1.45. The second-order valence-electron chi connectivity index (χ2n) is 8.31. The van der Waals surface area contributed by atoms with Gasteiger partial charge in [-0.25, -0.2) is 0 Å². The number of nitrogens with zero attached hydrogens (tertiary/aromatic N) is 2. The number of hydrogen-bond acceptors (Lipinski definition) is 5. The lowest BCUT2D eigenvalue weighted by atomic mass is 10.1. The average Bonchev–Trinajstić information content (AvgIpc) is 3.35. The molecule has 0 bridgehead atoms. The molecule has 5 nitrogen and oxygen atoms in total. The van der Waals surface area contributed by atoms with Gasteiger partial charge in [0.15, 0.2) is 0 Å². The lowest BCUT2D eigenvalue weighted by molar-refractivity contribution is 0.0764. The molecule has 2 heterocycles. The molecule has 0 aliphatic carbocycles. The summed E-state index contributed by atoms with van der Waals surface area (Å²) < 4.78 is 11.8. The van der Waals surface area contributed by atoms with E-state index in [0.717, 1.165) is 64.2 Å². The van der Waals surface area contributed by atoms with Crippen molar-refractivity contribution in [3.8, 4) is 11.5 Å². The molecule has 6 heteroatoms. The summed E-state index contributed by atoms with van der Waals surface area (Å²) in [5.41, 5.74) is 2.01. The van der Waals surface area contributed by atoms with Crippen LogP contribution in [0.4, 0.5) is 0 Å². The van der Waals surface area contributed by atoms with Crippen molar-refractivity contribution in [3.63, 3.8) is 0 Å². The van der Waals surface area contributed by atoms with Crippen molar-refractivity contribution in [3.05, 3.63) is 53.6 Å². The van der Waals surface area contributed by atoms with E-state index in [-0.39, 0.29) is 12.0 Å². The van der Waals surface area contributed by atoms with Crippen molar-refractivity contribution in [2.75, 3.05) is 39.5 Å². The minimum Gasteiger partial charge on any atom is -0.497 e. The number of benzene rings is 2. The maximum Gasteiger partial charge on any atom is 0.257 e. The standard InChI is InChI=1S/C25H32N2O3S/c1-29-21-8-9-23(25(28)27-12-3-4-13-27)24(17-21)30-20-10-14-26(15-11-20)18-19-6-5-7-22(16-19)31-2/h5-9,16-17,20H,3-4,10-15,18H2,1-2H3. The number of thioether (sulfide) groups is 1. The van der Waals surface area contributed by atoms with Gasteiger partial charge in [0, 0.05) is 43.7 Å². The molecule has 0 unspecified atom stereocenters. The molecular formula is C25H32N2O3S. The Labute approximate surface area is 189 Å². The van der Waals surface area contributed by atoms with E-state index < -0.39 is 0 Å². The highest BCUT2D eigenvalue weighted by Gasteiger charge is 2.26. The number of methoxy groups -OCH3 is 1. The third-order valence-corrected chi connectivity index (χ3v) is 6.91. The fourth-order valence-electron chi connectivity index (χ4n) is 4.39. The number of carbonyl (C=O) groups excluding carboxylic acids is 1.